The number of carbonyl (C=O) groups excluding carboxylic acids is 2. The van der Waals surface area contributed by atoms with Crippen LogP contribution < -0.4 is 19.1 Å². The molecular weight excluding hydrogens is 542 g/mol. The number of benzene rings is 3. The van der Waals surface area contributed by atoms with Gasteiger partial charge in [0, 0.05) is 12.6 Å². The molecule has 2 atom stereocenters. The first kappa shape index (κ1) is 31.5. The first-order valence-corrected chi connectivity index (χ1v) is 15.1. The molecule has 9 nitrogen and oxygen atoms in total. The van der Waals surface area contributed by atoms with Gasteiger partial charge in [-0.3, -0.25) is 13.9 Å². The molecule has 3 aromatic rings. The number of hydrogen-bond donors (Lipinski definition) is 1. The third-order valence-electron chi connectivity index (χ3n) is 6.73. The second-order valence-electron chi connectivity index (χ2n) is 9.62. The quantitative estimate of drug-likeness (QED) is 0.298. The van der Waals surface area contributed by atoms with Gasteiger partial charge in [0.25, 0.3) is 10.0 Å². The minimum Gasteiger partial charge on any atom is -0.497 e. The first-order valence-electron chi connectivity index (χ1n) is 13.6. The second-order valence-corrected chi connectivity index (χ2v) is 11.5. The van der Waals surface area contributed by atoms with E-state index >= 15 is 0 Å². The number of ether oxygens (including phenoxy) is 2. The fraction of sp³-hybridized carbons (Fsp3) is 0.355. The van der Waals surface area contributed by atoms with E-state index in [2.05, 4.69) is 5.32 Å². The van der Waals surface area contributed by atoms with Gasteiger partial charge in [0.2, 0.25) is 11.8 Å². The van der Waals surface area contributed by atoms with Crippen molar-refractivity contribution in [2.75, 3.05) is 24.6 Å². The summed E-state index contributed by atoms with van der Waals surface area (Å²) in [7, 11) is -2.57. The van der Waals surface area contributed by atoms with Crippen molar-refractivity contribution < 1.29 is 27.5 Å². The van der Waals surface area contributed by atoms with E-state index in [0.717, 1.165) is 16.3 Å². The van der Waals surface area contributed by atoms with Gasteiger partial charge in [-0.25, -0.2) is 8.42 Å². The van der Waals surface area contributed by atoms with Gasteiger partial charge >= 0.3 is 0 Å². The largest absolute Gasteiger partial charge is 0.497 e. The molecule has 0 saturated heterocycles. The lowest BCUT2D eigenvalue weighted by atomic mass is 10.1. The summed E-state index contributed by atoms with van der Waals surface area (Å²) in [5.74, 6) is 0.390. The van der Waals surface area contributed by atoms with Gasteiger partial charge in [-0.1, -0.05) is 37.3 Å². The van der Waals surface area contributed by atoms with Crippen LogP contribution in [0.3, 0.4) is 0 Å². The van der Waals surface area contributed by atoms with Crippen LogP contribution in [-0.4, -0.2) is 57.5 Å². The highest BCUT2D eigenvalue weighted by Crippen LogP contribution is 2.27. The number of carbonyl (C=O) groups is 2. The van der Waals surface area contributed by atoms with Gasteiger partial charge in [-0.2, -0.15) is 0 Å². The van der Waals surface area contributed by atoms with Gasteiger partial charge in [-0.15, -0.1) is 0 Å². The molecule has 41 heavy (non-hydrogen) atoms. The maximum absolute atomic E-state index is 14.0. The summed E-state index contributed by atoms with van der Waals surface area (Å²) in [6, 6.07) is 20.7. The van der Waals surface area contributed by atoms with Crippen LogP contribution in [0.5, 0.6) is 11.5 Å². The highest BCUT2D eigenvalue weighted by molar-refractivity contribution is 7.92. The van der Waals surface area contributed by atoms with Crippen molar-refractivity contribution in [3.05, 3.63) is 84.4 Å². The fourth-order valence-corrected chi connectivity index (χ4v) is 5.53. The molecule has 10 heteroatoms. The molecule has 0 aliphatic rings. The van der Waals surface area contributed by atoms with Crippen LogP contribution in [0.4, 0.5) is 5.69 Å². The van der Waals surface area contributed by atoms with Crippen LogP contribution in [0, 0.1) is 0 Å². The molecular formula is C31H39N3O6S. The minimum absolute atomic E-state index is 0.0472. The highest BCUT2D eigenvalue weighted by atomic mass is 32.2. The van der Waals surface area contributed by atoms with E-state index in [0.29, 0.717) is 23.8 Å². The molecule has 0 bridgehead atoms. The number of rotatable bonds is 14. The van der Waals surface area contributed by atoms with Crippen molar-refractivity contribution in [3.63, 3.8) is 0 Å². The van der Waals surface area contributed by atoms with Crippen molar-refractivity contribution in [1.29, 1.82) is 0 Å². The van der Waals surface area contributed by atoms with Crippen molar-refractivity contribution in [1.82, 2.24) is 10.2 Å². The van der Waals surface area contributed by atoms with Gasteiger partial charge in [0.05, 0.1) is 24.3 Å². The van der Waals surface area contributed by atoms with Crippen molar-refractivity contribution in [2.45, 2.75) is 57.6 Å². The average molecular weight is 582 g/mol. The minimum atomic E-state index is -4.13. The van der Waals surface area contributed by atoms with E-state index < -0.39 is 28.5 Å². The maximum atomic E-state index is 14.0. The number of anilines is 1. The third-order valence-corrected chi connectivity index (χ3v) is 8.51. The Labute approximate surface area is 243 Å². The summed E-state index contributed by atoms with van der Waals surface area (Å²) >= 11 is 0. The monoisotopic (exact) mass is 581 g/mol. The molecule has 0 aliphatic carbocycles. The molecule has 0 saturated carbocycles. The molecule has 3 rings (SSSR count). The molecule has 0 heterocycles. The van der Waals surface area contributed by atoms with Crippen LogP contribution in [0.25, 0.3) is 0 Å². The Morgan fingerprint density at radius 3 is 2.05 bits per heavy atom. The number of nitrogens with one attached hydrogen (secondary N) is 1. The van der Waals surface area contributed by atoms with Crippen molar-refractivity contribution >= 4 is 27.5 Å². The predicted molar refractivity (Wildman–Crippen MR) is 159 cm³/mol. The molecule has 1 N–H and O–H groups in total. The lowest BCUT2D eigenvalue weighted by molar-refractivity contribution is -0.139. The third kappa shape index (κ3) is 8.23. The number of nitrogens with zero attached hydrogens (tertiary/aromatic N) is 2. The topological polar surface area (TPSA) is 105 Å². The van der Waals surface area contributed by atoms with E-state index in [4.69, 9.17) is 9.47 Å². The lowest BCUT2D eigenvalue weighted by Gasteiger charge is -2.32. The zero-order valence-electron chi connectivity index (χ0n) is 24.2. The normalized spacial score (nSPS) is 12.6. The second kappa shape index (κ2) is 14.5. The molecule has 0 unspecified atom stereocenters. The molecule has 3 aromatic carbocycles. The number of amides is 2. The number of methoxy groups -OCH3 is 1. The predicted octanol–water partition coefficient (Wildman–Crippen LogP) is 4.62. The van der Waals surface area contributed by atoms with E-state index in [9.17, 15) is 18.0 Å². The SMILES string of the molecule is CCOc1ccc(N(CC(=O)N(Cc2ccc(OC)cc2)[C@@H](C)C(=O)N[C@H](C)CC)S(=O)(=O)c2ccccc2)cc1. The van der Waals surface area contributed by atoms with Gasteiger partial charge in [0.1, 0.15) is 24.1 Å². The van der Waals surface area contributed by atoms with Gasteiger partial charge in [0.15, 0.2) is 0 Å². The summed E-state index contributed by atoms with van der Waals surface area (Å²) in [5, 5.41) is 2.93. The van der Waals surface area contributed by atoms with Crippen LogP contribution in [-0.2, 0) is 26.2 Å². The molecule has 2 amide bonds. The van der Waals surface area contributed by atoms with Crippen molar-refractivity contribution in [2.24, 2.45) is 0 Å². The standard InChI is InChI=1S/C31H39N3O6S/c1-6-23(3)32-31(36)24(4)33(21-25-13-17-27(39-5)18-14-25)30(35)22-34(26-15-19-28(20-16-26)40-7-2)41(37,38)29-11-9-8-10-12-29/h8-20,23-24H,6-7,21-22H2,1-5H3,(H,32,36)/t23-,24+/m1/s1. The highest BCUT2D eigenvalue weighted by Gasteiger charge is 2.32. The molecule has 0 aliphatic heterocycles. The fourth-order valence-electron chi connectivity index (χ4n) is 4.10. The Hall–Kier alpha value is -4.05. The molecule has 220 valence electrons. The van der Waals surface area contributed by atoms with Crippen LogP contribution in [0.2, 0.25) is 0 Å². The zero-order valence-corrected chi connectivity index (χ0v) is 25.1. The van der Waals surface area contributed by atoms with E-state index in [1.165, 1.54) is 17.0 Å². The molecule has 0 radical (unpaired) electrons. The van der Waals surface area contributed by atoms with E-state index in [1.54, 1.807) is 68.6 Å². The smallest absolute Gasteiger partial charge is 0.264 e. The zero-order chi connectivity index (χ0) is 30.0. The molecule has 0 aromatic heterocycles. The van der Waals surface area contributed by atoms with Crippen LogP contribution in [0.15, 0.2) is 83.8 Å². The van der Waals surface area contributed by atoms with Gasteiger partial charge < -0.3 is 19.7 Å². The Morgan fingerprint density at radius 2 is 1.49 bits per heavy atom. The average Bonchev–Trinajstić information content (AvgIpc) is 2.99. The number of hydrogen-bond acceptors (Lipinski definition) is 6. The summed E-state index contributed by atoms with van der Waals surface area (Å²) in [6.07, 6.45) is 0.728. The molecule has 0 fully saturated rings. The number of sulfonamides is 1. The summed E-state index contributed by atoms with van der Waals surface area (Å²) in [6.45, 7) is 7.39. The summed E-state index contributed by atoms with van der Waals surface area (Å²) in [4.78, 5) is 28.6. The van der Waals surface area contributed by atoms with Crippen molar-refractivity contribution in [3.8, 4) is 11.5 Å². The lowest BCUT2D eigenvalue weighted by Crippen LogP contribution is -2.52. The Balaban J connectivity index is 2.01. The summed E-state index contributed by atoms with van der Waals surface area (Å²) < 4.78 is 39.5. The Kier molecular flexibility index (Phi) is 11.2. The van der Waals surface area contributed by atoms with Crippen LogP contribution >= 0.6 is 0 Å². The first-order chi connectivity index (χ1) is 19.6. The van der Waals surface area contributed by atoms with Crippen LogP contribution in [0.1, 0.15) is 39.7 Å². The Morgan fingerprint density at radius 1 is 0.878 bits per heavy atom. The van der Waals surface area contributed by atoms with E-state index in [-0.39, 0.29) is 23.4 Å². The summed E-state index contributed by atoms with van der Waals surface area (Å²) in [5.41, 5.74) is 1.06. The van der Waals surface area contributed by atoms with E-state index in [1.807, 2.05) is 32.9 Å². The maximum Gasteiger partial charge on any atom is 0.264 e. The van der Waals surface area contributed by atoms with Gasteiger partial charge in [-0.05, 0) is 81.3 Å². The Bertz CT molecular complexity index is 1380. The molecule has 0 spiro atoms.